The van der Waals surface area contributed by atoms with Crippen LogP contribution in [0.3, 0.4) is 0 Å². The molecule has 0 radical (unpaired) electrons. The van der Waals surface area contributed by atoms with Crippen molar-refractivity contribution in [2.75, 3.05) is 31.1 Å². The molecule has 0 N–H and O–H groups in total. The molecular formula is C16H23BrN4O2. The summed E-state index contributed by atoms with van der Waals surface area (Å²) in [7, 11) is 1.65. The Morgan fingerprint density at radius 1 is 1.26 bits per heavy atom. The Morgan fingerprint density at radius 2 is 1.91 bits per heavy atom. The van der Waals surface area contributed by atoms with Crippen molar-refractivity contribution in [2.45, 2.75) is 32.1 Å². The monoisotopic (exact) mass is 382 g/mol. The fraction of sp³-hybridized carbons (Fsp3) is 0.688. The Kier molecular flexibility index (Phi) is 5.04. The molecule has 2 saturated heterocycles. The Labute approximate surface area is 144 Å². The lowest BCUT2D eigenvalue weighted by molar-refractivity contribution is -0.131. The van der Waals surface area contributed by atoms with E-state index >= 15 is 0 Å². The molecule has 0 bridgehead atoms. The number of hydrogen-bond acceptors (Lipinski definition) is 4. The summed E-state index contributed by atoms with van der Waals surface area (Å²) in [4.78, 5) is 28.4. The van der Waals surface area contributed by atoms with Crippen molar-refractivity contribution in [3.8, 4) is 0 Å². The van der Waals surface area contributed by atoms with Gasteiger partial charge in [0.05, 0.1) is 11.9 Å². The first-order valence-electron chi connectivity index (χ1n) is 8.31. The topological polar surface area (TPSA) is 58.4 Å². The Morgan fingerprint density at radius 3 is 2.57 bits per heavy atom. The largest absolute Gasteiger partial charge is 0.369 e. The smallest absolute Gasteiger partial charge is 0.282 e. The van der Waals surface area contributed by atoms with E-state index in [2.05, 4.69) is 25.9 Å². The normalized spacial score (nSPS) is 19.4. The van der Waals surface area contributed by atoms with Gasteiger partial charge < -0.3 is 9.80 Å². The van der Waals surface area contributed by atoms with Crippen LogP contribution in [0.25, 0.3) is 0 Å². The number of aryl methyl sites for hydroxylation is 1. The van der Waals surface area contributed by atoms with Crippen molar-refractivity contribution < 1.29 is 4.79 Å². The number of amides is 1. The molecule has 0 spiro atoms. The average Bonchev–Trinajstić information content (AvgIpc) is 3.08. The number of hydrogen-bond donors (Lipinski definition) is 0. The SMILES string of the molecule is Cn1ncc(N2CCC(CC(=O)N3CCCC3)CC2)c(Br)c1=O. The van der Waals surface area contributed by atoms with Crippen LogP contribution in [0, 0.1) is 5.92 Å². The van der Waals surface area contributed by atoms with Crippen LogP contribution in [-0.2, 0) is 11.8 Å². The van der Waals surface area contributed by atoms with E-state index in [1.807, 2.05) is 4.90 Å². The molecule has 0 saturated carbocycles. The Bertz CT molecular complexity index is 631. The van der Waals surface area contributed by atoms with Gasteiger partial charge in [-0.05, 0) is 47.5 Å². The molecule has 1 aromatic rings. The van der Waals surface area contributed by atoms with Crippen LogP contribution in [0.5, 0.6) is 0 Å². The Hall–Kier alpha value is -1.37. The molecule has 2 fully saturated rings. The van der Waals surface area contributed by atoms with Crippen LogP contribution in [-0.4, -0.2) is 46.8 Å². The summed E-state index contributed by atoms with van der Waals surface area (Å²) in [6, 6.07) is 0. The molecule has 3 rings (SSSR count). The second-order valence-corrected chi connectivity index (χ2v) is 7.29. The maximum Gasteiger partial charge on any atom is 0.282 e. The molecule has 0 aliphatic carbocycles. The summed E-state index contributed by atoms with van der Waals surface area (Å²) in [6.07, 6.45) is 6.68. The van der Waals surface area contributed by atoms with Crippen molar-refractivity contribution >= 4 is 27.5 Å². The number of carbonyl (C=O) groups is 1. The quantitative estimate of drug-likeness (QED) is 0.799. The number of aromatic nitrogens is 2. The summed E-state index contributed by atoms with van der Waals surface area (Å²) in [5.74, 6) is 0.773. The first kappa shape index (κ1) is 16.5. The number of anilines is 1. The number of carbonyl (C=O) groups excluding carboxylic acids is 1. The fourth-order valence-corrected chi connectivity index (χ4v) is 4.05. The van der Waals surface area contributed by atoms with E-state index in [1.54, 1.807) is 13.2 Å². The predicted octanol–water partition coefficient (Wildman–Crippen LogP) is 1.77. The zero-order chi connectivity index (χ0) is 16.4. The summed E-state index contributed by atoms with van der Waals surface area (Å²) >= 11 is 3.39. The van der Waals surface area contributed by atoms with E-state index in [0.29, 0.717) is 22.7 Å². The molecule has 1 amide bonds. The van der Waals surface area contributed by atoms with Gasteiger partial charge in [0.15, 0.2) is 0 Å². The van der Waals surface area contributed by atoms with E-state index in [-0.39, 0.29) is 5.56 Å². The highest BCUT2D eigenvalue weighted by Crippen LogP contribution is 2.28. The summed E-state index contributed by atoms with van der Waals surface area (Å²) in [5.41, 5.74) is 0.742. The van der Waals surface area contributed by atoms with Crippen molar-refractivity contribution in [1.29, 1.82) is 0 Å². The zero-order valence-electron chi connectivity index (χ0n) is 13.5. The third-order valence-electron chi connectivity index (χ3n) is 4.94. The molecule has 2 aliphatic heterocycles. The minimum atomic E-state index is -0.117. The molecule has 0 atom stereocenters. The molecular weight excluding hydrogens is 360 g/mol. The first-order chi connectivity index (χ1) is 11.1. The maximum absolute atomic E-state index is 12.3. The first-order valence-corrected chi connectivity index (χ1v) is 9.10. The van der Waals surface area contributed by atoms with Gasteiger partial charge in [-0.3, -0.25) is 9.59 Å². The van der Waals surface area contributed by atoms with Gasteiger partial charge in [0, 0.05) is 39.6 Å². The van der Waals surface area contributed by atoms with Crippen LogP contribution in [0.15, 0.2) is 15.5 Å². The van der Waals surface area contributed by atoms with E-state index in [0.717, 1.165) is 57.5 Å². The standard InChI is InChI=1S/C16H23BrN4O2/c1-19-16(23)15(17)13(11-18-19)20-8-4-12(5-9-20)10-14(22)21-6-2-3-7-21/h11-12H,2-10H2,1H3. The molecule has 2 aliphatic rings. The van der Waals surface area contributed by atoms with E-state index in [4.69, 9.17) is 0 Å². The predicted molar refractivity (Wildman–Crippen MR) is 92.5 cm³/mol. The maximum atomic E-state index is 12.3. The summed E-state index contributed by atoms with van der Waals surface area (Å²) < 4.78 is 1.90. The van der Waals surface area contributed by atoms with E-state index in [1.165, 1.54) is 4.68 Å². The second kappa shape index (κ2) is 7.03. The van der Waals surface area contributed by atoms with Crippen molar-refractivity contribution in [3.05, 3.63) is 21.0 Å². The van der Waals surface area contributed by atoms with Crippen LogP contribution >= 0.6 is 15.9 Å². The summed E-state index contributed by atoms with van der Waals surface area (Å²) in [6.45, 7) is 3.60. The van der Waals surface area contributed by atoms with Crippen molar-refractivity contribution in [3.63, 3.8) is 0 Å². The molecule has 3 heterocycles. The van der Waals surface area contributed by atoms with Gasteiger partial charge in [-0.15, -0.1) is 0 Å². The minimum absolute atomic E-state index is 0.117. The number of likely N-dealkylation sites (tertiary alicyclic amines) is 1. The lowest BCUT2D eigenvalue weighted by Gasteiger charge is -2.34. The van der Waals surface area contributed by atoms with E-state index in [9.17, 15) is 9.59 Å². The number of piperidine rings is 1. The van der Waals surface area contributed by atoms with Crippen molar-refractivity contribution in [1.82, 2.24) is 14.7 Å². The number of rotatable bonds is 3. The molecule has 7 heteroatoms. The fourth-order valence-electron chi connectivity index (χ4n) is 3.44. The van der Waals surface area contributed by atoms with Gasteiger partial charge in [-0.2, -0.15) is 5.10 Å². The van der Waals surface area contributed by atoms with Crippen LogP contribution in [0.1, 0.15) is 32.1 Å². The van der Waals surface area contributed by atoms with Crippen molar-refractivity contribution in [2.24, 2.45) is 13.0 Å². The highest BCUT2D eigenvalue weighted by atomic mass is 79.9. The second-order valence-electron chi connectivity index (χ2n) is 6.49. The highest BCUT2D eigenvalue weighted by molar-refractivity contribution is 9.10. The molecule has 6 nitrogen and oxygen atoms in total. The third kappa shape index (κ3) is 3.59. The zero-order valence-corrected chi connectivity index (χ0v) is 15.1. The van der Waals surface area contributed by atoms with Gasteiger partial charge >= 0.3 is 0 Å². The molecule has 0 unspecified atom stereocenters. The number of halogens is 1. The minimum Gasteiger partial charge on any atom is -0.369 e. The third-order valence-corrected chi connectivity index (χ3v) is 5.68. The van der Waals surface area contributed by atoms with Gasteiger partial charge in [-0.25, -0.2) is 4.68 Å². The average molecular weight is 383 g/mol. The summed E-state index contributed by atoms with van der Waals surface area (Å²) in [5, 5.41) is 4.11. The molecule has 126 valence electrons. The Balaban J connectivity index is 1.57. The molecule has 1 aromatic heterocycles. The number of nitrogens with zero attached hydrogens (tertiary/aromatic N) is 4. The van der Waals surface area contributed by atoms with Gasteiger partial charge in [0.2, 0.25) is 5.91 Å². The molecule has 0 aromatic carbocycles. The lowest BCUT2D eigenvalue weighted by Crippen LogP contribution is -2.37. The molecule has 23 heavy (non-hydrogen) atoms. The van der Waals surface area contributed by atoms with Gasteiger partial charge in [0.1, 0.15) is 4.47 Å². The van der Waals surface area contributed by atoms with Crippen LogP contribution in [0.4, 0.5) is 5.69 Å². The van der Waals surface area contributed by atoms with E-state index < -0.39 is 0 Å². The van der Waals surface area contributed by atoms with Gasteiger partial charge in [-0.1, -0.05) is 0 Å². The van der Waals surface area contributed by atoms with Crippen LogP contribution < -0.4 is 10.5 Å². The van der Waals surface area contributed by atoms with Crippen LogP contribution in [0.2, 0.25) is 0 Å². The lowest BCUT2D eigenvalue weighted by atomic mass is 9.93. The van der Waals surface area contributed by atoms with Gasteiger partial charge in [0.25, 0.3) is 5.56 Å². The highest BCUT2D eigenvalue weighted by Gasteiger charge is 2.26.